The monoisotopic (exact) mass is 334 g/mol. The lowest BCUT2D eigenvalue weighted by Crippen LogP contribution is -2.07. The minimum absolute atomic E-state index is 0.275. The summed E-state index contributed by atoms with van der Waals surface area (Å²) < 4.78 is 40.0. The Balaban J connectivity index is 2.53. The molecular formula is C12H6BrF3OS. The number of aryl methyl sites for hydroxylation is 1. The summed E-state index contributed by atoms with van der Waals surface area (Å²) in [5.41, 5.74) is -0.195. The van der Waals surface area contributed by atoms with Crippen molar-refractivity contribution in [3.8, 4) is 0 Å². The first-order valence-corrected chi connectivity index (χ1v) is 6.47. The van der Waals surface area contributed by atoms with Crippen LogP contribution in [0.2, 0.25) is 0 Å². The van der Waals surface area contributed by atoms with Crippen molar-refractivity contribution in [2.45, 2.75) is 6.92 Å². The average molecular weight is 335 g/mol. The zero-order valence-electron chi connectivity index (χ0n) is 9.06. The fraction of sp³-hybridized carbons (Fsp3) is 0.0833. The van der Waals surface area contributed by atoms with Crippen LogP contribution in [0.4, 0.5) is 13.2 Å². The van der Waals surface area contributed by atoms with E-state index in [9.17, 15) is 18.0 Å². The van der Waals surface area contributed by atoms with Gasteiger partial charge in [-0.15, -0.1) is 11.3 Å². The van der Waals surface area contributed by atoms with Crippen molar-refractivity contribution in [1.29, 1.82) is 0 Å². The van der Waals surface area contributed by atoms with Gasteiger partial charge in [-0.2, -0.15) is 0 Å². The second-order valence-electron chi connectivity index (χ2n) is 3.57. The molecule has 0 aliphatic heterocycles. The third-order valence-electron chi connectivity index (χ3n) is 2.41. The molecule has 0 saturated carbocycles. The van der Waals surface area contributed by atoms with E-state index in [-0.39, 0.29) is 5.56 Å². The van der Waals surface area contributed by atoms with Gasteiger partial charge in [-0.1, -0.05) is 0 Å². The molecule has 0 N–H and O–H groups in total. The molecule has 2 aromatic rings. The highest BCUT2D eigenvalue weighted by Crippen LogP contribution is 2.29. The van der Waals surface area contributed by atoms with E-state index in [0.29, 0.717) is 8.66 Å². The lowest BCUT2D eigenvalue weighted by Gasteiger charge is -2.03. The number of hydrogen-bond acceptors (Lipinski definition) is 2. The van der Waals surface area contributed by atoms with Crippen LogP contribution in [0.5, 0.6) is 0 Å². The summed E-state index contributed by atoms with van der Waals surface area (Å²) in [7, 11) is 0. The number of carbonyl (C=O) groups excluding carboxylic acids is 1. The topological polar surface area (TPSA) is 17.1 Å². The van der Waals surface area contributed by atoms with Crippen molar-refractivity contribution in [2.24, 2.45) is 0 Å². The highest BCUT2D eigenvalue weighted by atomic mass is 79.9. The Morgan fingerprint density at radius 2 is 1.83 bits per heavy atom. The molecule has 0 unspecified atom stereocenters. The summed E-state index contributed by atoms with van der Waals surface area (Å²) in [6, 6.07) is 3.21. The smallest absolute Gasteiger partial charge is 0.197 e. The largest absolute Gasteiger partial charge is 0.288 e. The first kappa shape index (κ1) is 13.3. The number of rotatable bonds is 2. The van der Waals surface area contributed by atoms with Gasteiger partial charge in [-0.3, -0.25) is 4.79 Å². The number of benzene rings is 1. The number of carbonyl (C=O) groups is 1. The molecule has 6 heteroatoms. The van der Waals surface area contributed by atoms with E-state index in [0.717, 1.165) is 12.1 Å². The molecule has 1 aromatic carbocycles. The third-order valence-corrected chi connectivity index (χ3v) is 3.97. The van der Waals surface area contributed by atoms with Gasteiger partial charge >= 0.3 is 0 Å². The fourth-order valence-corrected chi connectivity index (χ4v) is 3.21. The maximum atomic E-state index is 13.5. The molecule has 0 spiro atoms. The predicted molar refractivity (Wildman–Crippen MR) is 66.5 cm³/mol. The van der Waals surface area contributed by atoms with Gasteiger partial charge in [-0.25, -0.2) is 13.2 Å². The Bertz CT molecular complexity index is 636. The van der Waals surface area contributed by atoms with Crippen molar-refractivity contribution in [2.75, 3.05) is 0 Å². The molecule has 0 fully saturated rings. The minimum Gasteiger partial charge on any atom is -0.288 e. The Labute approximate surface area is 113 Å². The molecule has 94 valence electrons. The van der Waals surface area contributed by atoms with Crippen LogP contribution in [0.25, 0.3) is 0 Å². The maximum absolute atomic E-state index is 13.5. The lowest BCUT2D eigenvalue weighted by molar-refractivity contribution is 0.103. The molecule has 2 rings (SSSR count). The predicted octanol–water partition coefficient (Wildman–Crippen LogP) is 4.47. The first-order valence-electron chi connectivity index (χ1n) is 4.86. The highest BCUT2D eigenvalue weighted by Gasteiger charge is 2.22. The van der Waals surface area contributed by atoms with Crippen LogP contribution in [0.1, 0.15) is 20.8 Å². The van der Waals surface area contributed by atoms with Gasteiger partial charge < -0.3 is 0 Å². The van der Waals surface area contributed by atoms with Crippen molar-refractivity contribution >= 4 is 33.0 Å². The van der Waals surface area contributed by atoms with Gasteiger partial charge in [0.05, 0.1) is 9.35 Å². The number of ketones is 1. The van der Waals surface area contributed by atoms with E-state index < -0.39 is 28.8 Å². The molecule has 0 radical (unpaired) electrons. The normalized spacial score (nSPS) is 10.7. The summed E-state index contributed by atoms with van der Waals surface area (Å²) in [4.78, 5) is 12.7. The van der Waals surface area contributed by atoms with Crippen LogP contribution in [0.15, 0.2) is 22.0 Å². The lowest BCUT2D eigenvalue weighted by atomic mass is 10.0. The number of hydrogen-bond donors (Lipinski definition) is 0. The summed E-state index contributed by atoms with van der Waals surface area (Å²) in [5, 5.41) is 0. The summed E-state index contributed by atoms with van der Waals surface area (Å²) in [6.07, 6.45) is 0. The maximum Gasteiger partial charge on any atom is 0.197 e. The molecule has 18 heavy (non-hydrogen) atoms. The second-order valence-corrected chi connectivity index (χ2v) is 6.21. The van der Waals surface area contributed by atoms with Crippen LogP contribution < -0.4 is 0 Å². The Morgan fingerprint density at radius 1 is 1.17 bits per heavy atom. The molecule has 1 heterocycles. The van der Waals surface area contributed by atoms with Gasteiger partial charge in [0.25, 0.3) is 0 Å². The van der Waals surface area contributed by atoms with Crippen molar-refractivity contribution in [3.05, 3.63) is 55.4 Å². The molecule has 1 aromatic heterocycles. The van der Waals surface area contributed by atoms with E-state index in [1.807, 2.05) is 0 Å². The Morgan fingerprint density at radius 3 is 2.39 bits per heavy atom. The fourth-order valence-electron chi connectivity index (χ4n) is 1.52. The van der Waals surface area contributed by atoms with Crippen LogP contribution in [-0.4, -0.2) is 5.78 Å². The molecule has 0 saturated heterocycles. The van der Waals surface area contributed by atoms with E-state index in [1.54, 1.807) is 6.92 Å². The van der Waals surface area contributed by atoms with Crippen LogP contribution >= 0.6 is 27.3 Å². The average Bonchev–Trinajstić information content (AvgIpc) is 2.65. The van der Waals surface area contributed by atoms with E-state index >= 15 is 0 Å². The summed E-state index contributed by atoms with van der Waals surface area (Å²) >= 11 is 4.52. The second kappa shape index (κ2) is 4.85. The van der Waals surface area contributed by atoms with Crippen LogP contribution in [0.3, 0.4) is 0 Å². The molecule has 0 atom stereocenters. The quantitative estimate of drug-likeness (QED) is 0.585. The summed E-state index contributed by atoms with van der Waals surface area (Å²) in [5.74, 6) is -5.06. The van der Waals surface area contributed by atoms with E-state index in [2.05, 4.69) is 15.9 Å². The molecule has 1 nitrogen and oxygen atoms in total. The van der Waals surface area contributed by atoms with Crippen molar-refractivity contribution in [1.82, 2.24) is 0 Å². The van der Waals surface area contributed by atoms with Gasteiger partial charge in [0.1, 0.15) is 0 Å². The van der Waals surface area contributed by atoms with E-state index in [4.69, 9.17) is 0 Å². The summed E-state index contributed by atoms with van der Waals surface area (Å²) in [6.45, 7) is 1.69. The number of halogens is 4. The van der Waals surface area contributed by atoms with Crippen LogP contribution in [0, 0.1) is 24.4 Å². The van der Waals surface area contributed by atoms with Gasteiger partial charge in [0.2, 0.25) is 0 Å². The molecular weight excluding hydrogens is 329 g/mol. The van der Waals surface area contributed by atoms with Gasteiger partial charge in [0, 0.05) is 10.4 Å². The van der Waals surface area contributed by atoms with E-state index in [1.165, 1.54) is 17.4 Å². The third kappa shape index (κ3) is 2.22. The van der Waals surface area contributed by atoms with Crippen molar-refractivity contribution < 1.29 is 18.0 Å². The Kier molecular flexibility index (Phi) is 3.59. The zero-order chi connectivity index (χ0) is 13.4. The standard InChI is InChI=1S/C12H6BrF3OS/c1-5-7(4-9(13)18-5)12(17)6-2-3-8(14)11(16)10(6)15/h2-4H,1H3. The number of thiophene rings is 1. The van der Waals surface area contributed by atoms with Crippen molar-refractivity contribution in [3.63, 3.8) is 0 Å². The first-order chi connectivity index (χ1) is 8.41. The molecule has 0 aliphatic rings. The molecule has 0 amide bonds. The Hall–Kier alpha value is -1.14. The zero-order valence-corrected chi connectivity index (χ0v) is 11.5. The minimum atomic E-state index is -1.63. The van der Waals surface area contributed by atoms with Crippen LogP contribution in [-0.2, 0) is 0 Å². The van der Waals surface area contributed by atoms with Gasteiger partial charge in [0.15, 0.2) is 23.2 Å². The highest BCUT2D eigenvalue weighted by molar-refractivity contribution is 9.11. The molecule has 0 bridgehead atoms. The van der Waals surface area contributed by atoms with Gasteiger partial charge in [-0.05, 0) is 41.1 Å². The molecule has 0 aliphatic carbocycles. The SMILES string of the molecule is Cc1sc(Br)cc1C(=O)c1ccc(F)c(F)c1F.